The Hall–Kier alpha value is -2.30. The minimum Gasteiger partial charge on any atom is -0.301 e. The summed E-state index contributed by atoms with van der Waals surface area (Å²) in [6, 6.07) is 6.42. The van der Waals surface area contributed by atoms with E-state index in [1.807, 2.05) is 22.9 Å². The van der Waals surface area contributed by atoms with Crippen molar-refractivity contribution in [1.29, 1.82) is 5.26 Å². The van der Waals surface area contributed by atoms with Gasteiger partial charge in [-0.2, -0.15) is 5.26 Å². The van der Waals surface area contributed by atoms with Gasteiger partial charge in [-0.25, -0.2) is 4.98 Å². The minimum atomic E-state index is 0.575. The van der Waals surface area contributed by atoms with Gasteiger partial charge >= 0.3 is 0 Å². The molecule has 0 radical (unpaired) electrons. The van der Waals surface area contributed by atoms with E-state index in [1.165, 1.54) is 25.7 Å². The van der Waals surface area contributed by atoms with Gasteiger partial charge in [0.1, 0.15) is 11.7 Å². The number of nitrogens with zero attached hydrogens (tertiary/aromatic N) is 4. The lowest BCUT2D eigenvalue weighted by Crippen LogP contribution is -2.33. The van der Waals surface area contributed by atoms with Crippen LogP contribution < -0.4 is 0 Å². The molecule has 4 nitrogen and oxygen atoms in total. The largest absolute Gasteiger partial charge is 0.301 e. The topological polar surface area (TPSA) is 44.3 Å². The summed E-state index contributed by atoms with van der Waals surface area (Å²) in [6.07, 6.45) is 14.3. The SMILES string of the molecule is C#CCN(Cc1cnc2ccc(C#N)cn12)C1CCCC1. The molecule has 0 bridgehead atoms. The summed E-state index contributed by atoms with van der Waals surface area (Å²) in [5.41, 5.74) is 2.60. The molecule has 0 aliphatic heterocycles. The van der Waals surface area contributed by atoms with Gasteiger partial charge in [-0.3, -0.25) is 4.90 Å². The molecule has 0 saturated heterocycles. The number of pyridine rings is 1. The highest BCUT2D eigenvalue weighted by Gasteiger charge is 2.22. The Kier molecular flexibility index (Phi) is 3.90. The average molecular weight is 278 g/mol. The Morgan fingerprint density at radius 2 is 2.19 bits per heavy atom. The highest BCUT2D eigenvalue weighted by molar-refractivity contribution is 5.44. The predicted molar refractivity (Wildman–Crippen MR) is 81.4 cm³/mol. The van der Waals surface area contributed by atoms with Crippen molar-refractivity contribution in [3.63, 3.8) is 0 Å². The van der Waals surface area contributed by atoms with E-state index in [1.54, 1.807) is 6.07 Å². The van der Waals surface area contributed by atoms with Crippen LogP contribution in [0.3, 0.4) is 0 Å². The molecule has 0 unspecified atom stereocenters. The number of terminal acetylenes is 1. The first kappa shape index (κ1) is 13.7. The fourth-order valence-electron chi connectivity index (χ4n) is 3.12. The van der Waals surface area contributed by atoms with Crippen molar-refractivity contribution in [1.82, 2.24) is 14.3 Å². The van der Waals surface area contributed by atoms with Crippen molar-refractivity contribution in [2.24, 2.45) is 0 Å². The van der Waals surface area contributed by atoms with Gasteiger partial charge in [0.15, 0.2) is 0 Å². The molecule has 0 spiro atoms. The number of hydrogen-bond donors (Lipinski definition) is 0. The van der Waals surface area contributed by atoms with Crippen LogP contribution in [0.15, 0.2) is 24.5 Å². The van der Waals surface area contributed by atoms with E-state index in [2.05, 4.69) is 21.9 Å². The van der Waals surface area contributed by atoms with Gasteiger partial charge in [0.05, 0.1) is 24.0 Å². The van der Waals surface area contributed by atoms with Crippen LogP contribution in [0.1, 0.15) is 36.9 Å². The summed E-state index contributed by atoms with van der Waals surface area (Å²) < 4.78 is 2.00. The first-order valence-electron chi connectivity index (χ1n) is 7.35. The van der Waals surface area contributed by atoms with Gasteiger partial charge in [-0.05, 0) is 25.0 Å². The monoisotopic (exact) mass is 278 g/mol. The molecule has 1 saturated carbocycles. The Balaban J connectivity index is 1.88. The maximum atomic E-state index is 9.04. The van der Waals surface area contributed by atoms with Gasteiger partial charge in [0, 0.05) is 18.8 Å². The van der Waals surface area contributed by atoms with Crippen LogP contribution >= 0.6 is 0 Å². The number of imidazole rings is 1. The summed E-state index contributed by atoms with van der Waals surface area (Å²) in [6.45, 7) is 1.45. The van der Waals surface area contributed by atoms with E-state index in [0.717, 1.165) is 17.9 Å². The smallest absolute Gasteiger partial charge is 0.137 e. The number of fused-ring (bicyclic) bond motifs is 1. The van der Waals surface area contributed by atoms with Crippen molar-refractivity contribution in [2.75, 3.05) is 6.54 Å². The van der Waals surface area contributed by atoms with E-state index in [9.17, 15) is 0 Å². The summed E-state index contributed by atoms with van der Waals surface area (Å²) in [5, 5.41) is 9.04. The molecule has 0 atom stereocenters. The maximum Gasteiger partial charge on any atom is 0.137 e. The quantitative estimate of drug-likeness (QED) is 0.807. The zero-order chi connectivity index (χ0) is 14.7. The molecule has 4 heteroatoms. The van der Waals surface area contributed by atoms with E-state index < -0.39 is 0 Å². The molecule has 1 aliphatic rings. The Morgan fingerprint density at radius 1 is 1.38 bits per heavy atom. The Morgan fingerprint density at radius 3 is 2.90 bits per heavy atom. The van der Waals surface area contributed by atoms with Crippen molar-refractivity contribution >= 4 is 5.65 Å². The third kappa shape index (κ3) is 2.77. The van der Waals surface area contributed by atoms with Crippen molar-refractivity contribution < 1.29 is 0 Å². The van der Waals surface area contributed by atoms with E-state index in [4.69, 9.17) is 11.7 Å². The van der Waals surface area contributed by atoms with E-state index in [-0.39, 0.29) is 0 Å². The van der Waals surface area contributed by atoms with Crippen molar-refractivity contribution in [3.8, 4) is 18.4 Å². The summed E-state index contributed by atoms with van der Waals surface area (Å²) in [4.78, 5) is 6.77. The van der Waals surface area contributed by atoms with Crippen LogP contribution in [0.25, 0.3) is 5.65 Å². The van der Waals surface area contributed by atoms with Crippen LogP contribution in [0, 0.1) is 23.7 Å². The van der Waals surface area contributed by atoms with Crippen LogP contribution in [-0.2, 0) is 6.54 Å². The molecule has 0 aromatic carbocycles. The second kappa shape index (κ2) is 5.99. The maximum absolute atomic E-state index is 9.04. The number of hydrogen-bond acceptors (Lipinski definition) is 3. The lowest BCUT2D eigenvalue weighted by atomic mass is 10.2. The molecule has 2 aromatic heterocycles. The Labute approximate surface area is 125 Å². The van der Waals surface area contributed by atoms with Gasteiger partial charge in [0.2, 0.25) is 0 Å². The molecule has 3 rings (SSSR count). The van der Waals surface area contributed by atoms with E-state index >= 15 is 0 Å². The van der Waals surface area contributed by atoms with Gasteiger partial charge in [-0.15, -0.1) is 6.42 Å². The standard InChI is InChI=1S/C17H18N4/c1-2-9-20(15-5-3-4-6-15)13-16-11-19-17-8-7-14(10-18)12-21(16)17/h1,7-8,11-12,15H,3-6,9,13H2. The highest BCUT2D eigenvalue weighted by atomic mass is 15.2. The summed E-state index contributed by atoms with van der Waals surface area (Å²) in [5.74, 6) is 2.77. The lowest BCUT2D eigenvalue weighted by Gasteiger charge is -2.26. The van der Waals surface area contributed by atoms with Crippen LogP contribution in [0.5, 0.6) is 0 Å². The zero-order valence-corrected chi connectivity index (χ0v) is 12.0. The third-order valence-electron chi connectivity index (χ3n) is 4.21. The summed E-state index contributed by atoms with van der Waals surface area (Å²) in [7, 11) is 0. The zero-order valence-electron chi connectivity index (χ0n) is 12.0. The second-order valence-corrected chi connectivity index (χ2v) is 5.55. The molecule has 0 N–H and O–H groups in total. The van der Waals surface area contributed by atoms with Crippen LogP contribution in [0.4, 0.5) is 0 Å². The fraction of sp³-hybridized carbons (Fsp3) is 0.412. The second-order valence-electron chi connectivity index (χ2n) is 5.55. The minimum absolute atomic E-state index is 0.575. The number of rotatable bonds is 4. The average Bonchev–Trinajstić information content (AvgIpc) is 3.16. The van der Waals surface area contributed by atoms with Gasteiger partial charge < -0.3 is 4.40 Å². The van der Waals surface area contributed by atoms with Crippen LogP contribution in [0.2, 0.25) is 0 Å². The molecule has 106 valence electrons. The van der Waals surface area contributed by atoms with E-state index in [0.29, 0.717) is 18.2 Å². The molecule has 1 aliphatic carbocycles. The lowest BCUT2D eigenvalue weighted by molar-refractivity contribution is 0.212. The molecular formula is C17H18N4. The van der Waals surface area contributed by atoms with Gasteiger partial charge in [-0.1, -0.05) is 18.8 Å². The molecule has 1 fully saturated rings. The normalized spacial score (nSPS) is 15.4. The predicted octanol–water partition coefficient (Wildman–Crippen LogP) is 2.58. The molecule has 2 heterocycles. The first-order valence-corrected chi connectivity index (χ1v) is 7.35. The van der Waals surface area contributed by atoms with Crippen molar-refractivity contribution in [2.45, 2.75) is 38.3 Å². The molecular weight excluding hydrogens is 260 g/mol. The van der Waals surface area contributed by atoms with Crippen LogP contribution in [-0.4, -0.2) is 26.9 Å². The molecule has 21 heavy (non-hydrogen) atoms. The first-order chi connectivity index (χ1) is 10.3. The highest BCUT2D eigenvalue weighted by Crippen LogP contribution is 2.25. The third-order valence-corrected chi connectivity index (χ3v) is 4.21. The molecule has 2 aromatic rings. The van der Waals surface area contributed by atoms with Crippen molar-refractivity contribution in [3.05, 3.63) is 35.8 Å². The Bertz CT molecular complexity index is 710. The summed E-state index contributed by atoms with van der Waals surface area (Å²) >= 11 is 0. The number of nitriles is 1. The molecule has 0 amide bonds. The van der Waals surface area contributed by atoms with Gasteiger partial charge in [0.25, 0.3) is 0 Å². The number of aromatic nitrogens is 2. The fourth-order valence-corrected chi connectivity index (χ4v) is 3.12.